The van der Waals surface area contributed by atoms with Crippen LogP contribution >= 0.6 is 0 Å². The van der Waals surface area contributed by atoms with E-state index in [1.807, 2.05) is 16.9 Å². The van der Waals surface area contributed by atoms with E-state index >= 15 is 0 Å². The first kappa shape index (κ1) is 14.5. The van der Waals surface area contributed by atoms with Crippen molar-refractivity contribution in [1.29, 1.82) is 0 Å². The number of rotatable bonds is 11. The summed E-state index contributed by atoms with van der Waals surface area (Å²) in [5.41, 5.74) is 0. The van der Waals surface area contributed by atoms with Crippen molar-refractivity contribution in [3.8, 4) is 0 Å². The molecule has 0 spiro atoms. The Morgan fingerprint density at radius 2 is 0.929 bits per heavy atom. The summed E-state index contributed by atoms with van der Waals surface area (Å²) in [4.78, 5) is 0. The van der Waals surface area contributed by atoms with Crippen molar-refractivity contribution in [2.75, 3.05) is 6.61 Å². The van der Waals surface area contributed by atoms with Crippen LogP contribution in [-0.2, 0) is 0 Å². The fraction of sp³-hybridized carbons (Fsp3) is 1.00. The van der Waals surface area contributed by atoms with Crippen LogP contribution in [0.15, 0.2) is 0 Å². The van der Waals surface area contributed by atoms with E-state index in [0.717, 1.165) is 6.42 Å². The van der Waals surface area contributed by atoms with Crippen LogP contribution in [-0.4, -0.2) is 28.6 Å². The first-order valence-electron chi connectivity index (χ1n) is 6.22. The zero-order valence-electron chi connectivity index (χ0n) is 9.51. The van der Waals surface area contributed by atoms with Gasteiger partial charge in [0.05, 0.1) is 0 Å². The molecule has 0 aromatic heterocycles. The van der Waals surface area contributed by atoms with Crippen molar-refractivity contribution >= 4 is 16.9 Å². The number of aliphatic hydroxyl groups is 1. The summed E-state index contributed by atoms with van der Waals surface area (Å²) in [6, 6.07) is 0. The number of hydrogen-bond acceptors (Lipinski definition) is 1. The van der Waals surface area contributed by atoms with Crippen molar-refractivity contribution in [2.24, 2.45) is 0 Å². The number of hydrogen-bond donors (Lipinski definition) is 1. The number of aliphatic hydroxyl groups excluding tert-OH is 1. The second-order valence-electron chi connectivity index (χ2n) is 4.05. The monoisotopic (exact) mass is 262 g/mol. The van der Waals surface area contributed by atoms with Crippen LogP contribution in [0.2, 0.25) is 5.21 Å². The predicted molar refractivity (Wildman–Crippen MR) is 66.6 cm³/mol. The third kappa shape index (κ3) is 12.5. The Bertz CT molecular complexity index is 84.3. The molecule has 0 bridgehead atoms. The number of unbranched alkanes of at least 4 members (excludes halogenated alkanes) is 9. The Morgan fingerprint density at radius 3 is 1.29 bits per heavy atom. The van der Waals surface area contributed by atoms with Crippen molar-refractivity contribution in [3.63, 3.8) is 0 Å². The van der Waals surface area contributed by atoms with Crippen molar-refractivity contribution < 1.29 is 5.11 Å². The fourth-order valence-corrected chi connectivity index (χ4v) is 2.28. The van der Waals surface area contributed by atoms with Gasteiger partial charge in [-0.2, -0.15) is 0 Å². The van der Waals surface area contributed by atoms with Gasteiger partial charge in [0.2, 0.25) is 0 Å². The third-order valence-electron chi connectivity index (χ3n) is 2.61. The molecule has 0 aliphatic rings. The Labute approximate surface area is 98.2 Å². The van der Waals surface area contributed by atoms with Crippen LogP contribution in [0.3, 0.4) is 0 Å². The molecule has 0 radical (unpaired) electrons. The van der Waals surface area contributed by atoms with Crippen LogP contribution in [0.5, 0.6) is 0 Å². The molecule has 1 N–H and O–H groups in total. The summed E-state index contributed by atoms with van der Waals surface area (Å²) < 4.78 is 0. The molecule has 2 heteroatoms. The molecule has 14 heavy (non-hydrogen) atoms. The van der Waals surface area contributed by atoms with Gasteiger partial charge in [-0.3, -0.25) is 0 Å². The molecule has 0 fully saturated rings. The first-order valence-corrected chi connectivity index (χ1v) is 7.94. The van der Waals surface area contributed by atoms with Gasteiger partial charge in [-0.25, -0.2) is 0 Å². The normalized spacial score (nSPS) is 10.7. The van der Waals surface area contributed by atoms with E-state index in [0.29, 0.717) is 6.61 Å². The first-order chi connectivity index (χ1) is 6.91. The molecule has 1 unspecified atom stereocenters. The molecule has 0 aromatic carbocycles. The van der Waals surface area contributed by atoms with Crippen LogP contribution in [0.25, 0.3) is 0 Å². The molecule has 0 aliphatic heterocycles. The summed E-state index contributed by atoms with van der Waals surface area (Å²) in [7, 11) is 0. The molecule has 0 aromatic rings. The second-order valence-corrected chi connectivity index (χ2v) is 5.26. The van der Waals surface area contributed by atoms with Crippen molar-refractivity contribution in [3.05, 3.63) is 0 Å². The van der Waals surface area contributed by atoms with Gasteiger partial charge >= 0.3 is 92.9 Å². The van der Waals surface area contributed by atoms with Crippen LogP contribution in [0, 0.1) is 0 Å². The van der Waals surface area contributed by atoms with Gasteiger partial charge in [-0.1, -0.05) is 0 Å². The summed E-state index contributed by atoms with van der Waals surface area (Å²) in [5, 5.41) is 10.0. The summed E-state index contributed by atoms with van der Waals surface area (Å²) in [6.45, 7) is 0.374. The van der Waals surface area contributed by atoms with Gasteiger partial charge in [0.1, 0.15) is 0 Å². The summed E-state index contributed by atoms with van der Waals surface area (Å²) in [5.74, 6) is 0. The topological polar surface area (TPSA) is 20.2 Å². The zero-order valence-corrected chi connectivity index (χ0v) is 11.9. The van der Waals surface area contributed by atoms with Gasteiger partial charge in [0.15, 0.2) is 0 Å². The third-order valence-corrected chi connectivity index (χ3v) is 3.47. The van der Waals surface area contributed by atoms with Gasteiger partial charge in [0.25, 0.3) is 0 Å². The van der Waals surface area contributed by atoms with Gasteiger partial charge < -0.3 is 5.11 Å². The average molecular weight is 262 g/mol. The molecule has 0 aliphatic carbocycles. The minimum atomic E-state index is 0.374. The van der Waals surface area contributed by atoms with Crippen molar-refractivity contribution in [1.82, 2.24) is 0 Å². The summed E-state index contributed by atoms with van der Waals surface area (Å²) >= 11 is 1.87. The minimum absolute atomic E-state index is 0.374. The Kier molecular flexibility index (Phi) is 14.0. The van der Waals surface area contributed by atoms with Crippen LogP contribution in [0.1, 0.15) is 64.2 Å². The van der Waals surface area contributed by atoms with E-state index in [-0.39, 0.29) is 0 Å². The molecule has 0 saturated heterocycles. The maximum absolute atomic E-state index is 8.59. The molecule has 86 valence electrons. The maximum atomic E-state index is 8.59. The quantitative estimate of drug-likeness (QED) is 0.448. The van der Waals surface area contributed by atoms with E-state index in [4.69, 9.17) is 5.11 Å². The van der Waals surface area contributed by atoms with E-state index in [2.05, 4.69) is 0 Å². The molecule has 0 saturated carbocycles. The molecule has 0 rings (SSSR count). The van der Waals surface area contributed by atoms with E-state index in [1.54, 1.807) is 0 Å². The molecule has 0 heterocycles. The molecular weight excluding hydrogens is 235 g/mol. The Morgan fingerprint density at radius 1 is 0.571 bits per heavy atom. The molecular formula is C12H27AsO. The molecule has 0 amide bonds. The van der Waals surface area contributed by atoms with Gasteiger partial charge in [0, 0.05) is 0 Å². The van der Waals surface area contributed by atoms with Crippen LogP contribution in [0.4, 0.5) is 0 Å². The van der Waals surface area contributed by atoms with E-state index in [9.17, 15) is 0 Å². The Hall–Kier alpha value is 0.518. The standard InChI is InChI=1S/C12H27AsO/c13-11-9-7-5-3-1-2-4-6-8-10-12-14/h14H,1-13H2. The SMILES string of the molecule is OCCCCCCCCCCCC[AsH2]. The zero-order chi connectivity index (χ0) is 10.5. The Balaban J connectivity index is 2.78. The van der Waals surface area contributed by atoms with Gasteiger partial charge in [-0.05, 0) is 0 Å². The van der Waals surface area contributed by atoms with Gasteiger partial charge in [-0.15, -0.1) is 0 Å². The fourth-order valence-electron chi connectivity index (χ4n) is 1.67. The predicted octanol–water partition coefficient (Wildman–Crippen LogP) is 2.93. The molecule has 1 nitrogen and oxygen atoms in total. The van der Waals surface area contributed by atoms with Crippen LogP contribution < -0.4 is 0 Å². The average Bonchev–Trinajstić information content (AvgIpc) is 2.21. The van der Waals surface area contributed by atoms with E-state index in [1.165, 1.54) is 63.0 Å². The van der Waals surface area contributed by atoms with Crippen molar-refractivity contribution in [2.45, 2.75) is 69.4 Å². The molecule has 1 atom stereocenters. The second kappa shape index (κ2) is 13.5. The van der Waals surface area contributed by atoms with E-state index < -0.39 is 0 Å². The summed E-state index contributed by atoms with van der Waals surface area (Å²) in [6.07, 6.45) is 13.5.